The maximum Gasteiger partial charge on any atom is 0.00827 e. The van der Waals surface area contributed by atoms with E-state index in [9.17, 15) is 0 Å². The van der Waals surface area contributed by atoms with Crippen molar-refractivity contribution in [3.8, 4) is 0 Å². The third-order valence-electron chi connectivity index (χ3n) is 3.51. The average molecular weight is 261 g/mol. The van der Waals surface area contributed by atoms with E-state index in [-0.39, 0.29) is 0 Å². The summed E-state index contributed by atoms with van der Waals surface area (Å²) in [4.78, 5) is 0. The molecule has 0 N–H and O–H groups in total. The van der Waals surface area contributed by atoms with Gasteiger partial charge in [0.05, 0.1) is 0 Å². The van der Waals surface area contributed by atoms with Crippen molar-refractivity contribution in [1.29, 1.82) is 0 Å². The Bertz CT molecular complexity index is 182. The van der Waals surface area contributed by atoms with Crippen LogP contribution in [0.4, 0.5) is 0 Å². The van der Waals surface area contributed by atoms with Gasteiger partial charge in [0.15, 0.2) is 0 Å². The summed E-state index contributed by atoms with van der Waals surface area (Å²) in [6.45, 7) is 9.62. The zero-order valence-electron chi connectivity index (χ0n) is 10.2. The van der Waals surface area contributed by atoms with Gasteiger partial charge in [0.25, 0.3) is 0 Å². The van der Waals surface area contributed by atoms with E-state index in [1.54, 1.807) is 0 Å². The average Bonchev–Trinajstić information content (AvgIpc) is 2.01. The number of halogens is 1. The summed E-state index contributed by atoms with van der Waals surface area (Å²) >= 11 is 3.63. The van der Waals surface area contributed by atoms with Crippen LogP contribution in [0.15, 0.2) is 0 Å². The molecule has 0 aromatic carbocycles. The van der Waals surface area contributed by atoms with E-state index < -0.39 is 0 Å². The van der Waals surface area contributed by atoms with Crippen molar-refractivity contribution < 1.29 is 0 Å². The fourth-order valence-corrected chi connectivity index (χ4v) is 3.09. The first-order chi connectivity index (χ1) is 6.35. The highest BCUT2D eigenvalue weighted by Gasteiger charge is 2.31. The Morgan fingerprint density at radius 1 is 1.36 bits per heavy atom. The van der Waals surface area contributed by atoms with Crippen molar-refractivity contribution in [1.82, 2.24) is 0 Å². The first-order valence-electron chi connectivity index (χ1n) is 5.91. The Kier molecular flexibility index (Phi) is 4.08. The Morgan fingerprint density at radius 3 is 2.50 bits per heavy atom. The van der Waals surface area contributed by atoms with Gasteiger partial charge in [-0.2, -0.15) is 0 Å². The molecule has 1 aliphatic carbocycles. The monoisotopic (exact) mass is 260 g/mol. The van der Waals surface area contributed by atoms with Crippen LogP contribution in [-0.4, -0.2) is 5.33 Å². The molecular weight excluding hydrogens is 236 g/mol. The molecule has 1 atom stereocenters. The van der Waals surface area contributed by atoms with Crippen LogP contribution in [-0.2, 0) is 0 Å². The van der Waals surface area contributed by atoms with E-state index in [4.69, 9.17) is 0 Å². The van der Waals surface area contributed by atoms with Gasteiger partial charge in [-0.15, -0.1) is 0 Å². The van der Waals surface area contributed by atoms with Gasteiger partial charge >= 0.3 is 0 Å². The van der Waals surface area contributed by atoms with Crippen molar-refractivity contribution in [2.45, 2.75) is 59.8 Å². The summed E-state index contributed by atoms with van der Waals surface area (Å²) in [6.07, 6.45) is 7.15. The molecule has 1 rings (SSSR count). The smallest absolute Gasteiger partial charge is 0.00827 e. The van der Waals surface area contributed by atoms with Gasteiger partial charge in [0.2, 0.25) is 0 Å². The Labute approximate surface area is 98.0 Å². The van der Waals surface area contributed by atoms with Crippen LogP contribution < -0.4 is 0 Å². The van der Waals surface area contributed by atoms with Crippen LogP contribution in [0.25, 0.3) is 0 Å². The zero-order chi connectivity index (χ0) is 10.8. The summed E-state index contributed by atoms with van der Waals surface area (Å²) in [7, 11) is 0. The lowest BCUT2D eigenvalue weighted by molar-refractivity contribution is 0.143. The quantitative estimate of drug-likeness (QED) is 0.626. The first-order valence-corrected chi connectivity index (χ1v) is 7.03. The third kappa shape index (κ3) is 3.92. The van der Waals surface area contributed by atoms with Crippen molar-refractivity contribution in [2.75, 3.05) is 5.33 Å². The molecule has 0 saturated heterocycles. The van der Waals surface area contributed by atoms with Gasteiger partial charge < -0.3 is 0 Å². The molecule has 0 radical (unpaired) electrons. The van der Waals surface area contributed by atoms with Crippen molar-refractivity contribution in [3.63, 3.8) is 0 Å². The number of alkyl halides is 1. The van der Waals surface area contributed by atoms with E-state index >= 15 is 0 Å². The van der Waals surface area contributed by atoms with Gasteiger partial charge in [0, 0.05) is 5.33 Å². The molecule has 0 aliphatic heterocycles. The number of rotatable bonds is 3. The minimum atomic E-state index is 0.484. The van der Waals surface area contributed by atoms with Gasteiger partial charge in [-0.05, 0) is 36.0 Å². The van der Waals surface area contributed by atoms with Crippen LogP contribution in [0.1, 0.15) is 59.8 Å². The van der Waals surface area contributed by atoms with E-state index in [0.717, 1.165) is 11.2 Å². The molecule has 0 amide bonds. The Balaban J connectivity index is 2.46. The Hall–Kier alpha value is 0.480. The van der Waals surface area contributed by atoms with E-state index in [1.165, 1.54) is 32.1 Å². The summed E-state index contributed by atoms with van der Waals surface area (Å²) in [5.41, 5.74) is 1.09. The highest BCUT2D eigenvalue weighted by atomic mass is 79.9. The Morgan fingerprint density at radius 2 is 2.00 bits per heavy atom. The van der Waals surface area contributed by atoms with E-state index in [1.807, 2.05) is 0 Å². The van der Waals surface area contributed by atoms with Gasteiger partial charge in [-0.25, -0.2) is 0 Å². The SMILES string of the molecule is CC(C)(CBr)CC1CCCC(C)(C)C1. The minimum absolute atomic E-state index is 0.484. The lowest BCUT2D eigenvalue weighted by atomic mass is 9.68. The highest BCUT2D eigenvalue weighted by Crippen LogP contribution is 2.43. The van der Waals surface area contributed by atoms with E-state index in [0.29, 0.717) is 10.8 Å². The van der Waals surface area contributed by atoms with Crippen LogP contribution in [0.3, 0.4) is 0 Å². The minimum Gasteiger partial charge on any atom is -0.0922 e. The molecule has 1 aliphatic rings. The molecule has 84 valence electrons. The van der Waals surface area contributed by atoms with Crippen LogP contribution in [0, 0.1) is 16.7 Å². The summed E-state index contributed by atoms with van der Waals surface area (Å²) < 4.78 is 0. The van der Waals surface area contributed by atoms with Crippen molar-refractivity contribution in [3.05, 3.63) is 0 Å². The van der Waals surface area contributed by atoms with Crippen molar-refractivity contribution >= 4 is 15.9 Å². The molecule has 1 heteroatoms. The van der Waals surface area contributed by atoms with Crippen LogP contribution >= 0.6 is 15.9 Å². The summed E-state index contributed by atoms with van der Waals surface area (Å²) in [5.74, 6) is 0.964. The maximum atomic E-state index is 3.63. The molecule has 0 spiro atoms. The summed E-state index contributed by atoms with van der Waals surface area (Å²) in [5, 5.41) is 1.14. The third-order valence-corrected chi connectivity index (χ3v) is 5.03. The topological polar surface area (TPSA) is 0 Å². The molecule has 1 saturated carbocycles. The first kappa shape index (κ1) is 12.5. The van der Waals surface area contributed by atoms with Crippen LogP contribution in [0.5, 0.6) is 0 Å². The largest absolute Gasteiger partial charge is 0.0922 e. The zero-order valence-corrected chi connectivity index (χ0v) is 11.8. The molecule has 0 heterocycles. The lowest BCUT2D eigenvalue weighted by Crippen LogP contribution is -2.27. The number of hydrogen-bond donors (Lipinski definition) is 0. The second-order valence-electron chi connectivity index (χ2n) is 6.63. The molecule has 14 heavy (non-hydrogen) atoms. The maximum absolute atomic E-state index is 3.63. The molecule has 1 fully saturated rings. The molecule has 0 bridgehead atoms. The standard InChI is InChI=1S/C13H25Br/c1-12(2)7-5-6-11(8-12)9-13(3,4)10-14/h11H,5-10H2,1-4H3. The fourth-order valence-electron chi connectivity index (χ4n) is 2.87. The number of hydrogen-bond acceptors (Lipinski definition) is 0. The molecule has 0 nitrogen and oxygen atoms in total. The highest BCUT2D eigenvalue weighted by molar-refractivity contribution is 9.09. The fraction of sp³-hybridized carbons (Fsp3) is 1.00. The van der Waals surface area contributed by atoms with E-state index in [2.05, 4.69) is 43.6 Å². The van der Waals surface area contributed by atoms with Crippen molar-refractivity contribution in [2.24, 2.45) is 16.7 Å². The van der Waals surface area contributed by atoms with Gasteiger partial charge in [-0.1, -0.05) is 56.5 Å². The second kappa shape index (κ2) is 4.55. The lowest BCUT2D eigenvalue weighted by Gasteiger charge is -2.38. The predicted molar refractivity (Wildman–Crippen MR) is 67.9 cm³/mol. The molecule has 1 unspecified atom stereocenters. The molecule has 0 aromatic heterocycles. The normalized spacial score (nSPS) is 27.6. The van der Waals surface area contributed by atoms with Crippen LogP contribution in [0.2, 0.25) is 0 Å². The van der Waals surface area contributed by atoms with Gasteiger partial charge in [-0.3, -0.25) is 0 Å². The summed E-state index contributed by atoms with van der Waals surface area (Å²) in [6, 6.07) is 0. The van der Waals surface area contributed by atoms with Gasteiger partial charge in [0.1, 0.15) is 0 Å². The molecular formula is C13H25Br. The second-order valence-corrected chi connectivity index (χ2v) is 7.19. The molecule has 0 aromatic rings. The predicted octanol–water partition coefficient (Wildman–Crippen LogP) is 5.01.